The lowest BCUT2D eigenvalue weighted by molar-refractivity contribution is -0.313. The lowest BCUT2D eigenvalue weighted by Gasteiger charge is -2.28. The Morgan fingerprint density at radius 2 is 0.545 bits per heavy atom. The summed E-state index contributed by atoms with van der Waals surface area (Å²) in [5, 5.41) is 12.2. The van der Waals surface area contributed by atoms with Gasteiger partial charge in [-0.15, -0.1) is 0 Å². The number of carbonyl (C=O) groups is 1. The fourth-order valence-electron chi connectivity index (χ4n) is 7.26. The molecule has 0 rings (SSSR count). The van der Waals surface area contributed by atoms with Gasteiger partial charge in [-0.1, -0.05) is 233 Å². The normalized spacial score (nSPS) is 13.0. The van der Waals surface area contributed by atoms with Crippen LogP contribution in [0.2, 0.25) is 0 Å². The van der Waals surface area contributed by atoms with Crippen molar-refractivity contribution < 1.29 is 9.90 Å². The number of hydrogen-bond acceptors (Lipinski definition) is 2. The SMILES string of the molecule is CCCCCCCCCCCCCCCCCC(CCCCCCCCCCCCCCCC)C(CCCCCC)C(=O)[O-]. The lowest BCUT2D eigenvalue weighted by atomic mass is 9.80. The van der Waals surface area contributed by atoms with E-state index >= 15 is 0 Å². The summed E-state index contributed by atoms with van der Waals surface area (Å²) < 4.78 is 0. The molecule has 0 N–H and O–H groups in total. The summed E-state index contributed by atoms with van der Waals surface area (Å²) in [5.74, 6) is -0.653. The zero-order valence-electron chi connectivity index (χ0n) is 30.9. The maximum atomic E-state index is 12.2. The number of unbranched alkanes of at least 4 members (excludes halogenated alkanes) is 30. The van der Waals surface area contributed by atoms with Crippen molar-refractivity contribution >= 4 is 5.97 Å². The Morgan fingerprint density at radius 3 is 0.795 bits per heavy atom. The second-order valence-corrected chi connectivity index (χ2v) is 14.7. The van der Waals surface area contributed by atoms with Crippen molar-refractivity contribution in [3.05, 3.63) is 0 Å². The molecule has 2 unspecified atom stereocenters. The fraction of sp³-hybridized carbons (Fsp3) is 0.976. The Kier molecular flexibility index (Phi) is 36.5. The number of carboxylic acid groups (broad SMARTS) is 1. The summed E-state index contributed by atoms with van der Waals surface area (Å²) in [6, 6.07) is 0. The number of carboxylic acids is 1. The Hall–Kier alpha value is -0.530. The molecule has 0 saturated carbocycles. The van der Waals surface area contributed by atoms with Crippen LogP contribution in [0.5, 0.6) is 0 Å². The van der Waals surface area contributed by atoms with Crippen molar-refractivity contribution in [3.63, 3.8) is 0 Å². The second-order valence-electron chi connectivity index (χ2n) is 14.7. The third-order valence-electron chi connectivity index (χ3n) is 10.3. The smallest absolute Gasteiger partial charge is 0.0448 e. The molecule has 44 heavy (non-hydrogen) atoms. The summed E-state index contributed by atoms with van der Waals surface area (Å²) >= 11 is 0. The maximum Gasteiger partial charge on any atom is 0.0448 e. The van der Waals surface area contributed by atoms with E-state index < -0.39 is 5.97 Å². The summed E-state index contributed by atoms with van der Waals surface area (Å²) in [5.41, 5.74) is 0. The molecule has 0 bridgehead atoms. The Bertz CT molecular complexity index is 544. The van der Waals surface area contributed by atoms with E-state index in [1.165, 1.54) is 205 Å². The molecular weight excluding hydrogens is 536 g/mol. The molecule has 0 aromatic rings. The Labute approximate surface area is 279 Å². The van der Waals surface area contributed by atoms with Gasteiger partial charge in [0.25, 0.3) is 0 Å². The first-order chi connectivity index (χ1) is 21.7. The van der Waals surface area contributed by atoms with Gasteiger partial charge in [0.2, 0.25) is 0 Å². The van der Waals surface area contributed by atoms with Crippen LogP contribution in [0.3, 0.4) is 0 Å². The van der Waals surface area contributed by atoms with Gasteiger partial charge in [0, 0.05) is 11.9 Å². The molecular formula is C42H83O2-. The van der Waals surface area contributed by atoms with Crippen LogP contribution in [-0.2, 0) is 4.79 Å². The molecule has 0 fully saturated rings. The quantitative estimate of drug-likeness (QED) is 0.0645. The van der Waals surface area contributed by atoms with Crippen LogP contribution in [0.15, 0.2) is 0 Å². The first kappa shape index (κ1) is 43.5. The van der Waals surface area contributed by atoms with Crippen LogP contribution in [0.1, 0.15) is 252 Å². The van der Waals surface area contributed by atoms with Gasteiger partial charge in [0.05, 0.1) is 0 Å². The molecule has 0 amide bonds. The highest BCUT2D eigenvalue weighted by Crippen LogP contribution is 2.30. The lowest BCUT2D eigenvalue weighted by Crippen LogP contribution is -2.36. The van der Waals surface area contributed by atoms with Crippen LogP contribution in [0, 0.1) is 11.8 Å². The van der Waals surface area contributed by atoms with Crippen molar-refractivity contribution in [2.24, 2.45) is 11.8 Å². The summed E-state index contributed by atoms with van der Waals surface area (Å²) in [7, 11) is 0. The predicted octanol–water partition coefficient (Wildman–Crippen LogP) is 14.1. The number of carbonyl (C=O) groups excluding carboxylic acids is 1. The van der Waals surface area contributed by atoms with Gasteiger partial charge < -0.3 is 9.90 Å². The van der Waals surface area contributed by atoms with E-state index in [1.807, 2.05) is 0 Å². The topological polar surface area (TPSA) is 40.1 Å². The molecule has 0 aliphatic heterocycles. The molecule has 0 radical (unpaired) electrons. The average molecular weight is 620 g/mol. The molecule has 0 saturated heterocycles. The minimum Gasteiger partial charge on any atom is -0.550 e. The number of aliphatic carboxylic acids is 1. The van der Waals surface area contributed by atoms with Gasteiger partial charge >= 0.3 is 0 Å². The third kappa shape index (κ3) is 31.5. The molecule has 2 nitrogen and oxygen atoms in total. The van der Waals surface area contributed by atoms with Crippen LogP contribution in [-0.4, -0.2) is 5.97 Å². The zero-order valence-corrected chi connectivity index (χ0v) is 30.9. The molecule has 2 heteroatoms. The van der Waals surface area contributed by atoms with Gasteiger partial charge in [0.1, 0.15) is 0 Å². The molecule has 0 aliphatic carbocycles. The van der Waals surface area contributed by atoms with Crippen molar-refractivity contribution in [2.75, 3.05) is 0 Å². The van der Waals surface area contributed by atoms with Gasteiger partial charge in [-0.3, -0.25) is 0 Å². The molecule has 264 valence electrons. The van der Waals surface area contributed by atoms with E-state index in [9.17, 15) is 9.90 Å². The maximum absolute atomic E-state index is 12.2. The predicted molar refractivity (Wildman–Crippen MR) is 195 cm³/mol. The number of rotatable bonds is 38. The highest BCUT2D eigenvalue weighted by Gasteiger charge is 2.22. The van der Waals surface area contributed by atoms with E-state index in [2.05, 4.69) is 20.8 Å². The third-order valence-corrected chi connectivity index (χ3v) is 10.3. The van der Waals surface area contributed by atoms with Crippen LogP contribution in [0.4, 0.5) is 0 Å². The summed E-state index contributed by atoms with van der Waals surface area (Å²) in [4.78, 5) is 12.2. The molecule has 0 spiro atoms. The molecule has 0 heterocycles. The highest BCUT2D eigenvalue weighted by molar-refractivity contribution is 5.67. The fourth-order valence-corrected chi connectivity index (χ4v) is 7.26. The molecule has 2 atom stereocenters. The van der Waals surface area contributed by atoms with Crippen molar-refractivity contribution in [2.45, 2.75) is 252 Å². The van der Waals surface area contributed by atoms with Gasteiger partial charge in [-0.25, -0.2) is 0 Å². The van der Waals surface area contributed by atoms with Crippen LogP contribution < -0.4 is 5.11 Å². The summed E-state index contributed by atoms with van der Waals surface area (Å²) in [6.45, 7) is 6.81. The van der Waals surface area contributed by atoms with Gasteiger partial charge in [-0.05, 0) is 25.2 Å². The van der Waals surface area contributed by atoms with E-state index in [4.69, 9.17) is 0 Å². The molecule has 0 aliphatic rings. The van der Waals surface area contributed by atoms with Crippen LogP contribution in [0.25, 0.3) is 0 Å². The largest absolute Gasteiger partial charge is 0.550 e. The number of hydrogen-bond donors (Lipinski definition) is 0. The first-order valence-electron chi connectivity index (χ1n) is 20.9. The molecule has 0 aromatic carbocycles. The van der Waals surface area contributed by atoms with Gasteiger partial charge in [-0.2, -0.15) is 0 Å². The first-order valence-corrected chi connectivity index (χ1v) is 20.9. The highest BCUT2D eigenvalue weighted by atomic mass is 16.4. The van der Waals surface area contributed by atoms with E-state index in [0.717, 1.165) is 25.7 Å². The monoisotopic (exact) mass is 620 g/mol. The van der Waals surface area contributed by atoms with Crippen molar-refractivity contribution in [3.8, 4) is 0 Å². The molecule has 0 aromatic heterocycles. The average Bonchev–Trinajstić information content (AvgIpc) is 3.02. The van der Waals surface area contributed by atoms with E-state index in [-0.39, 0.29) is 5.92 Å². The van der Waals surface area contributed by atoms with Crippen molar-refractivity contribution in [1.82, 2.24) is 0 Å². The second kappa shape index (κ2) is 36.9. The minimum atomic E-state index is -0.766. The van der Waals surface area contributed by atoms with Crippen LogP contribution >= 0.6 is 0 Å². The zero-order chi connectivity index (χ0) is 32.2. The summed E-state index contributed by atoms with van der Waals surface area (Å²) in [6.07, 6.45) is 47.8. The standard InChI is InChI=1S/C42H84O2/c1-4-7-10-13-15-17-19-21-23-25-27-29-31-33-35-38-40(41(42(43)44)39-36-12-9-6-3)37-34-32-30-28-26-24-22-20-18-16-14-11-8-5-2/h40-41H,4-39H2,1-3H3,(H,43,44)/p-1. The Balaban J connectivity index is 4.08. The Morgan fingerprint density at radius 1 is 0.341 bits per heavy atom. The van der Waals surface area contributed by atoms with E-state index in [0.29, 0.717) is 5.92 Å². The minimum absolute atomic E-state index is 0.222. The van der Waals surface area contributed by atoms with E-state index in [1.54, 1.807) is 0 Å². The van der Waals surface area contributed by atoms with Gasteiger partial charge in [0.15, 0.2) is 0 Å². The van der Waals surface area contributed by atoms with Crippen molar-refractivity contribution in [1.29, 1.82) is 0 Å².